The van der Waals surface area contributed by atoms with Crippen LogP contribution in [0.4, 0.5) is 0 Å². The van der Waals surface area contributed by atoms with E-state index >= 15 is 0 Å². The molecule has 0 bridgehead atoms. The van der Waals surface area contributed by atoms with Crippen LogP contribution in [-0.4, -0.2) is 28.0 Å². The molecule has 0 aliphatic rings. The molecule has 2 rings (SSSR count). The van der Waals surface area contributed by atoms with Crippen molar-refractivity contribution < 1.29 is 0 Å². The lowest BCUT2D eigenvalue weighted by Gasteiger charge is -2.22. The second-order valence-electron chi connectivity index (χ2n) is 5.07. The van der Waals surface area contributed by atoms with Gasteiger partial charge >= 0.3 is 0 Å². The van der Waals surface area contributed by atoms with E-state index in [9.17, 15) is 0 Å². The Morgan fingerprint density at radius 2 is 2.00 bits per heavy atom. The third-order valence-corrected chi connectivity index (χ3v) is 5.14. The van der Waals surface area contributed by atoms with Crippen molar-refractivity contribution >= 4 is 33.2 Å². The highest BCUT2D eigenvalue weighted by atomic mass is 35.5. The highest BCUT2D eigenvalue weighted by Gasteiger charge is 2.15. The molecule has 0 amide bonds. The minimum Gasteiger partial charge on any atom is -0.296 e. The van der Waals surface area contributed by atoms with Crippen molar-refractivity contribution in [2.45, 2.75) is 46.7 Å². The van der Waals surface area contributed by atoms with Gasteiger partial charge in [0.1, 0.15) is 15.8 Å². The van der Waals surface area contributed by atoms with Gasteiger partial charge in [-0.25, -0.2) is 9.97 Å². The second kappa shape index (κ2) is 5.73. The molecule has 19 heavy (non-hydrogen) atoms. The smallest absolute Gasteiger partial charge is 0.145 e. The topological polar surface area (TPSA) is 29.0 Å². The van der Waals surface area contributed by atoms with E-state index in [1.54, 1.807) is 11.3 Å². The molecular weight excluding hydrogens is 278 g/mol. The molecule has 0 N–H and O–H groups in total. The molecule has 0 spiro atoms. The molecule has 0 saturated heterocycles. The summed E-state index contributed by atoms with van der Waals surface area (Å²) >= 11 is 8.01. The van der Waals surface area contributed by atoms with Crippen molar-refractivity contribution in [3.8, 4) is 0 Å². The van der Waals surface area contributed by atoms with Gasteiger partial charge in [0.25, 0.3) is 0 Å². The normalized spacial score (nSPS) is 13.4. The Balaban J connectivity index is 2.36. The Hall–Kier alpha value is -0.710. The summed E-state index contributed by atoms with van der Waals surface area (Å²) in [6.45, 7) is 9.31. The quantitative estimate of drug-likeness (QED) is 0.792. The molecule has 5 heteroatoms. The van der Waals surface area contributed by atoms with E-state index in [-0.39, 0.29) is 0 Å². The second-order valence-corrected chi connectivity index (χ2v) is 6.63. The number of fused-ring (bicyclic) bond motifs is 1. The SMILES string of the molecule is CCC(C)N(C)Cc1nc(Cl)c2c(C)c(C)sc2n1. The van der Waals surface area contributed by atoms with E-state index in [2.05, 4.69) is 49.6 Å². The maximum Gasteiger partial charge on any atom is 0.145 e. The molecule has 0 fully saturated rings. The lowest BCUT2D eigenvalue weighted by molar-refractivity contribution is 0.238. The van der Waals surface area contributed by atoms with E-state index in [1.807, 2.05) is 0 Å². The van der Waals surface area contributed by atoms with Crippen molar-refractivity contribution in [2.24, 2.45) is 0 Å². The van der Waals surface area contributed by atoms with Gasteiger partial charge in [0.15, 0.2) is 0 Å². The maximum atomic E-state index is 6.31. The molecule has 104 valence electrons. The van der Waals surface area contributed by atoms with E-state index in [0.717, 1.165) is 29.0 Å². The Labute approximate surface area is 123 Å². The summed E-state index contributed by atoms with van der Waals surface area (Å²) in [6.07, 6.45) is 1.11. The van der Waals surface area contributed by atoms with E-state index in [1.165, 1.54) is 10.4 Å². The van der Waals surface area contributed by atoms with Crippen LogP contribution in [-0.2, 0) is 6.54 Å². The van der Waals surface area contributed by atoms with Crippen LogP contribution in [0.1, 0.15) is 36.5 Å². The molecule has 0 aliphatic heterocycles. The predicted molar refractivity (Wildman–Crippen MR) is 83.1 cm³/mol. The molecule has 0 aromatic carbocycles. The Morgan fingerprint density at radius 3 is 2.63 bits per heavy atom. The van der Waals surface area contributed by atoms with Gasteiger partial charge in [-0.3, -0.25) is 4.90 Å². The minimum atomic E-state index is 0.518. The molecule has 1 atom stereocenters. The summed E-state index contributed by atoms with van der Waals surface area (Å²) in [5.41, 5.74) is 1.20. The molecule has 0 radical (unpaired) electrons. The highest BCUT2D eigenvalue weighted by Crippen LogP contribution is 2.33. The van der Waals surface area contributed by atoms with Crippen molar-refractivity contribution in [2.75, 3.05) is 7.05 Å². The largest absolute Gasteiger partial charge is 0.296 e. The van der Waals surface area contributed by atoms with Gasteiger partial charge in [0.05, 0.1) is 11.9 Å². The number of hydrogen-bond acceptors (Lipinski definition) is 4. The number of nitrogens with zero attached hydrogens (tertiary/aromatic N) is 3. The molecule has 0 saturated carbocycles. The number of hydrogen-bond donors (Lipinski definition) is 0. The first-order chi connectivity index (χ1) is 8.93. The molecule has 0 aliphatic carbocycles. The maximum absolute atomic E-state index is 6.31. The zero-order valence-corrected chi connectivity index (χ0v) is 13.7. The zero-order valence-electron chi connectivity index (χ0n) is 12.1. The monoisotopic (exact) mass is 297 g/mol. The standard InChI is InChI=1S/C14H20ClN3S/c1-6-8(2)18(5)7-11-16-13(15)12-9(3)10(4)19-14(12)17-11/h8H,6-7H2,1-5H3. The van der Waals surface area contributed by atoms with Crippen LogP contribution in [0.3, 0.4) is 0 Å². The van der Waals surface area contributed by atoms with E-state index in [0.29, 0.717) is 11.2 Å². The van der Waals surface area contributed by atoms with Gasteiger partial charge in [0, 0.05) is 10.9 Å². The summed E-state index contributed by atoms with van der Waals surface area (Å²) in [5, 5.41) is 1.60. The highest BCUT2D eigenvalue weighted by molar-refractivity contribution is 7.18. The molecular formula is C14H20ClN3S. The molecule has 2 heterocycles. The van der Waals surface area contributed by atoms with Crippen LogP contribution < -0.4 is 0 Å². The molecule has 2 aromatic heterocycles. The third-order valence-electron chi connectivity index (χ3n) is 3.76. The molecule has 2 aromatic rings. The van der Waals surface area contributed by atoms with Gasteiger partial charge < -0.3 is 0 Å². The van der Waals surface area contributed by atoms with Crippen molar-refractivity contribution in [3.63, 3.8) is 0 Å². The van der Waals surface area contributed by atoms with E-state index < -0.39 is 0 Å². The van der Waals surface area contributed by atoms with Crippen LogP contribution in [0.5, 0.6) is 0 Å². The van der Waals surface area contributed by atoms with Gasteiger partial charge in [0.2, 0.25) is 0 Å². The number of thiophene rings is 1. The average molecular weight is 298 g/mol. The zero-order chi connectivity index (χ0) is 14.2. The van der Waals surface area contributed by atoms with Crippen molar-refractivity contribution in [1.29, 1.82) is 0 Å². The number of aryl methyl sites for hydroxylation is 2. The summed E-state index contributed by atoms with van der Waals surface area (Å²) in [7, 11) is 2.10. The van der Waals surface area contributed by atoms with Crippen LogP contribution in [0, 0.1) is 13.8 Å². The third kappa shape index (κ3) is 2.91. The number of rotatable bonds is 4. The Bertz CT molecular complexity index is 594. The van der Waals surface area contributed by atoms with Crippen molar-refractivity contribution in [3.05, 3.63) is 21.4 Å². The first kappa shape index (κ1) is 14.7. The van der Waals surface area contributed by atoms with Crippen LogP contribution in [0.15, 0.2) is 0 Å². The fraction of sp³-hybridized carbons (Fsp3) is 0.571. The summed E-state index contributed by atoms with van der Waals surface area (Å²) in [5.74, 6) is 0.807. The lowest BCUT2D eigenvalue weighted by atomic mass is 10.2. The fourth-order valence-electron chi connectivity index (χ4n) is 2.00. The Kier molecular flexibility index (Phi) is 4.43. The summed E-state index contributed by atoms with van der Waals surface area (Å²) < 4.78 is 0. The Morgan fingerprint density at radius 1 is 1.32 bits per heavy atom. The lowest BCUT2D eigenvalue weighted by Crippen LogP contribution is -2.28. The average Bonchev–Trinajstić information content (AvgIpc) is 2.64. The van der Waals surface area contributed by atoms with Gasteiger partial charge in [-0.1, -0.05) is 18.5 Å². The predicted octanol–water partition coefficient (Wildman–Crippen LogP) is 4.19. The summed E-state index contributed by atoms with van der Waals surface area (Å²) in [4.78, 5) is 13.6. The van der Waals surface area contributed by atoms with Gasteiger partial charge in [-0.2, -0.15) is 0 Å². The fourth-order valence-corrected chi connectivity index (χ4v) is 3.44. The van der Waals surface area contributed by atoms with Crippen molar-refractivity contribution in [1.82, 2.24) is 14.9 Å². The van der Waals surface area contributed by atoms with Crippen LogP contribution in [0.2, 0.25) is 5.15 Å². The van der Waals surface area contributed by atoms with Gasteiger partial charge in [-0.05, 0) is 39.8 Å². The van der Waals surface area contributed by atoms with E-state index in [4.69, 9.17) is 11.6 Å². The van der Waals surface area contributed by atoms with Gasteiger partial charge in [-0.15, -0.1) is 11.3 Å². The van der Waals surface area contributed by atoms with Crippen LogP contribution in [0.25, 0.3) is 10.2 Å². The number of aromatic nitrogens is 2. The molecule has 1 unspecified atom stereocenters. The first-order valence-electron chi connectivity index (χ1n) is 6.56. The number of halogens is 1. The molecule has 3 nitrogen and oxygen atoms in total. The van der Waals surface area contributed by atoms with Crippen LogP contribution >= 0.6 is 22.9 Å². The minimum absolute atomic E-state index is 0.518. The first-order valence-corrected chi connectivity index (χ1v) is 7.75. The summed E-state index contributed by atoms with van der Waals surface area (Å²) in [6, 6.07) is 0.518.